The fourth-order valence-electron chi connectivity index (χ4n) is 4.14. The van der Waals surface area contributed by atoms with E-state index in [0.717, 1.165) is 11.1 Å². The van der Waals surface area contributed by atoms with Crippen molar-refractivity contribution in [1.82, 2.24) is 9.88 Å². The highest BCUT2D eigenvalue weighted by Gasteiger charge is 2.34. The maximum atomic E-state index is 13.3. The molecule has 0 spiro atoms. The van der Waals surface area contributed by atoms with Crippen LogP contribution >= 0.6 is 11.6 Å². The molecule has 8 heteroatoms. The quantitative estimate of drug-likeness (QED) is 0.562. The van der Waals surface area contributed by atoms with Crippen LogP contribution in [0.25, 0.3) is 22.3 Å². The van der Waals surface area contributed by atoms with Gasteiger partial charge < -0.3 is 19.5 Å². The van der Waals surface area contributed by atoms with Crippen LogP contribution in [0, 0.1) is 0 Å². The van der Waals surface area contributed by atoms with E-state index in [9.17, 15) is 14.7 Å². The molecule has 0 radical (unpaired) electrons. The number of carboxylic acids is 1. The van der Waals surface area contributed by atoms with Crippen LogP contribution in [0.5, 0.6) is 11.8 Å². The predicted octanol–water partition coefficient (Wildman–Crippen LogP) is 4.78. The second kappa shape index (κ2) is 9.50. The second-order valence-corrected chi connectivity index (χ2v) is 8.05. The minimum absolute atomic E-state index is 0.320. The number of aliphatic carboxylic acids is 1. The van der Waals surface area contributed by atoms with Crippen LogP contribution in [0.15, 0.2) is 54.6 Å². The first-order chi connectivity index (χ1) is 15.9. The van der Waals surface area contributed by atoms with Gasteiger partial charge in [0.1, 0.15) is 6.04 Å². The molecule has 1 aliphatic heterocycles. The molecule has 1 aliphatic rings. The Morgan fingerprint density at radius 3 is 2.45 bits per heavy atom. The number of carboxylic acid groups (broad SMARTS) is 1. The Kier molecular flexibility index (Phi) is 6.51. The maximum absolute atomic E-state index is 13.3. The summed E-state index contributed by atoms with van der Waals surface area (Å²) in [6, 6.07) is 15.3. The molecule has 1 amide bonds. The van der Waals surface area contributed by atoms with Crippen molar-refractivity contribution < 1.29 is 24.2 Å². The van der Waals surface area contributed by atoms with Gasteiger partial charge in [-0.1, -0.05) is 35.9 Å². The van der Waals surface area contributed by atoms with Crippen molar-refractivity contribution in [2.24, 2.45) is 0 Å². The second-order valence-electron chi connectivity index (χ2n) is 7.65. The third-order valence-corrected chi connectivity index (χ3v) is 6.09. The van der Waals surface area contributed by atoms with Crippen molar-refractivity contribution in [3.63, 3.8) is 0 Å². The lowest BCUT2D eigenvalue weighted by atomic mass is 9.92. The van der Waals surface area contributed by atoms with Gasteiger partial charge in [-0.3, -0.25) is 4.79 Å². The molecule has 0 aliphatic carbocycles. The zero-order valence-electron chi connectivity index (χ0n) is 18.2. The standard InChI is InChI=1S/C25H23ClN2O5/c1-32-22-12-11-18(23(27-22)33-2)16-10-9-15(14-19(16)17-6-3-4-7-20(17)26)24(29)28-13-5-8-21(28)25(30)31/h3-4,6-7,9-12,14,21H,5,8,13H2,1-2H3,(H,30,31). The van der Waals surface area contributed by atoms with Crippen molar-refractivity contribution >= 4 is 23.5 Å². The van der Waals surface area contributed by atoms with E-state index >= 15 is 0 Å². The van der Waals surface area contributed by atoms with Crippen LogP contribution in [0.2, 0.25) is 5.02 Å². The van der Waals surface area contributed by atoms with E-state index in [1.54, 1.807) is 24.3 Å². The molecule has 7 nitrogen and oxygen atoms in total. The molecule has 33 heavy (non-hydrogen) atoms. The maximum Gasteiger partial charge on any atom is 0.326 e. The zero-order valence-corrected chi connectivity index (χ0v) is 19.0. The van der Waals surface area contributed by atoms with Gasteiger partial charge in [0.05, 0.1) is 14.2 Å². The molecule has 0 bridgehead atoms. The topological polar surface area (TPSA) is 89.0 Å². The molecule has 1 atom stereocenters. The average molecular weight is 467 g/mol. The van der Waals surface area contributed by atoms with Gasteiger partial charge in [0.15, 0.2) is 0 Å². The number of rotatable bonds is 6. The van der Waals surface area contributed by atoms with E-state index in [1.165, 1.54) is 19.1 Å². The number of benzene rings is 2. The summed E-state index contributed by atoms with van der Waals surface area (Å²) in [4.78, 5) is 30.7. The van der Waals surface area contributed by atoms with Gasteiger partial charge in [0.2, 0.25) is 11.8 Å². The number of aromatic nitrogens is 1. The Labute approximate surface area is 196 Å². The van der Waals surface area contributed by atoms with Crippen molar-refractivity contribution in [1.29, 1.82) is 0 Å². The molecule has 170 valence electrons. The highest BCUT2D eigenvalue weighted by molar-refractivity contribution is 6.33. The normalized spacial score (nSPS) is 15.4. The molecule has 2 aromatic carbocycles. The number of halogens is 1. The summed E-state index contributed by atoms with van der Waals surface area (Å²) in [6.45, 7) is 0.412. The van der Waals surface area contributed by atoms with Gasteiger partial charge in [0.25, 0.3) is 5.91 Å². The molecule has 3 aromatic rings. The molecule has 1 saturated heterocycles. The summed E-state index contributed by atoms with van der Waals surface area (Å²) in [5.41, 5.74) is 3.31. The van der Waals surface area contributed by atoms with E-state index in [-0.39, 0.29) is 5.91 Å². The minimum Gasteiger partial charge on any atom is -0.481 e. The van der Waals surface area contributed by atoms with Gasteiger partial charge in [-0.05, 0) is 48.2 Å². The number of likely N-dealkylation sites (tertiary alicyclic amines) is 1. The third kappa shape index (κ3) is 4.36. The average Bonchev–Trinajstić information content (AvgIpc) is 3.33. The Morgan fingerprint density at radius 2 is 1.76 bits per heavy atom. The molecule has 4 rings (SSSR count). The fraction of sp³-hybridized carbons (Fsp3) is 0.240. The number of carbonyl (C=O) groups is 2. The molecule has 1 N–H and O–H groups in total. The lowest BCUT2D eigenvalue weighted by Crippen LogP contribution is -2.40. The number of nitrogens with zero attached hydrogens (tertiary/aromatic N) is 2. The van der Waals surface area contributed by atoms with Crippen molar-refractivity contribution in [3.8, 4) is 34.0 Å². The van der Waals surface area contributed by atoms with Crippen LogP contribution < -0.4 is 9.47 Å². The monoisotopic (exact) mass is 466 g/mol. The van der Waals surface area contributed by atoms with Crippen molar-refractivity contribution in [3.05, 3.63) is 65.2 Å². The summed E-state index contributed by atoms with van der Waals surface area (Å²) in [5, 5.41) is 10.0. The molecule has 0 saturated carbocycles. The smallest absolute Gasteiger partial charge is 0.326 e. The van der Waals surface area contributed by atoms with Crippen LogP contribution in [-0.2, 0) is 4.79 Å². The summed E-state index contributed by atoms with van der Waals surface area (Å²) in [6.07, 6.45) is 1.11. The van der Waals surface area contributed by atoms with E-state index in [2.05, 4.69) is 4.98 Å². The zero-order chi connectivity index (χ0) is 23.5. The largest absolute Gasteiger partial charge is 0.481 e. The molecule has 2 heterocycles. The Morgan fingerprint density at radius 1 is 1.00 bits per heavy atom. The Bertz CT molecular complexity index is 1210. The van der Waals surface area contributed by atoms with Gasteiger partial charge >= 0.3 is 5.97 Å². The molecular weight excluding hydrogens is 444 g/mol. The molecular formula is C25H23ClN2O5. The summed E-state index contributed by atoms with van der Waals surface area (Å²) in [7, 11) is 3.05. The third-order valence-electron chi connectivity index (χ3n) is 5.76. The number of methoxy groups -OCH3 is 2. The van der Waals surface area contributed by atoms with Crippen LogP contribution in [0.3, 0.4) is 0 Å². The number of ether oxygens (including phenoxy) is 2. The first-order valence-corrected chi connectivity index (χ1v) is 10.8. The number of hydrogen-bond acceptors (Lipinski definition) is 5. The number of hydrogen-bond donors (Lipinski definition) is 1. The Balaban J connectivity index is 1.86. The van der Waals surface area contributed by atoms with E-state index in [4.69, 9.17) is 21.1 Å². The van der Waals surface area contributed by atoms with Gasteiger partial charge in [-0.15, -0.1) is 0 Å². The first kappa shape index (κ1) is 22.6. The predicted molar refractivity (Wildman–Crippen MR) is 125 cm³/mol. The van der Waals surface area contributed by atoms with Crippen LogP contribution in [-0.4, -0.2) is 53.7 Å². The Hall–Kier alpha value is -3.58. The first-order valence-electron chi connectivity index (χ1n) is 10.5. The number of carbonyl (C=O) groups excluding carboxylic acids is 1. The SMILES string of the molecule is COc1ccc(-c2ccc(C(=O)N3CCCC3C(=O)O)cc2-c2ccccc2Cl)c(OC)n1. The van der Waals surface area contributed by atoms with Gasteiger partial charge in [0, 0.05) is 34.3 Å². The van der Waals surface area contributed by atoms with Crippen molar-refractivity contribution in [2.75, 3.05) is 20.8 Å². The highest BCUT2D eigenvalue weighted by atomic mass is 35.5. The number of amides is 1. The van der Waals surface area contributed by atoms with Crippen molar-refractivity contribution in [2.45, 2.75) is 18.9 Å². The lowest BCUT2D eigenvalue weighted by molar-refractivity contribution is -0.141. The van der Waals surface area contributed by atoms with Crippen LogP contribution in [0.1, 0.15) is 23.2 Å². The fourth-order valence-corrected chi connectivity index (χ4v) is 4.38. The van der Waals surface area contributed by atoms with Gasteiger partial charge in [-0.2, -0.15) is 4.98 Å². The van der Waals surface area contributed by atoms with E-state index < -0.39 is 12.0 Å². The molecule has 1 fully saturated rings. The highest BCUT2D eigenvalue weighted by Crippen LogP contribution is 2.40. The van der Waals surface area contributed by atoms with E-state index in [0.29, 0.717) is 52.9 Å². The minimum atomic E-state index is -0.988. The summed E-state index contributed by atoms with van der Waals surface area (Å²) in [5.74, 6) is -0.528. The molecule has 1 aromatic heterocycles. The van der Waals surface area contributed by atoms with Crippen LogP contribution in [0.4, 0.5) is 0 Å². The van der Waals surface area contributed by atoms with Gasteiger partial charge in [-0.25, -0.2) is 4.79 Å². The molecule has 1 unspecified atom stereocenters. The summed E-state index contributed by atoms with van der Waals surface area (Å²) >= 11 is 6.52. The lowest BCUT2D eigenvalue weighted by Gasteiger charge is -2.22. The van der Waals surface area contributed by atoms with E-state index in [1.807, 2.05) is 30.3 Å². The number of pyridine rings is 1. The summed E-state index contributed by atoms with van der Waals surface area (Å²) < 4.78 is 10.7.